The number of hydrogen-bond donors (Lipinski definition) is 1. The summed E-state index contributed by atoms with van der Waals surface area (Å²) in [4.78, 5) is 15.9. The predicted octanol–water partition coefficient (Wildman–Crippen LogP) is 2.92. The second-order valence-corrected chi connectivity index (χ2v) is 5.28. The largest absolute Gasteiger partial charge is 0.407 e. The van der Waals surface area contributed by atoms with Crippen LogP contribution in [-0.2, 0) is 6.42 Å². The minimum atomic E-state index is -0.382. The third-order valence-electron chi connectivity index (χ3n) is 3.42. The molecule has 0 unspecified atom stereocenters. The molecule has 116 valence electrons. The molecule has 1 amide bonds. The van der Waals surface area contributed by atoms with Gasteiger partial charge in [0, 0.05) is 6.20 Å². The smallest absolute Gasteiger partial charge is 0.322 e. The highest BCUT2D eigenvalue weighted by atomic mass is 16.4. The molecule has 0 saturated carbocycles. The Morgan fingerprint density at radius 1 is 1.17 bits per heavy atom. The summed E-state index contributed by atoms with van der Waals surface area (Å²) in [6.07, 6.45) is 2.08. The maximum absolute atomic E-state index is 12.0. The van der Waals surface area contributed by atoms with E-state index in [9.17, 15) is 4.79 Å². The average molecular weight is 308 g/mol. The van der Waals surface area contributed by atoms with E-state index in [0.29, 0.717) is 18.0 Å². The Labute approximate surface area is 133 Å². The molecule has 3 rings (SSSR count). The SMILES string of the molecule is Cc1ccc(Cc2nnc(NC(=O)c3ccccn3)o2)c(C)c1. The minimum Gasteiger partial charge on any atom is -0.407 e. The molecule has 0 radical (unpaired) electrons. The second-order valence-electron chi connectivity index (χ2n) is 5.28. The van der Waals surface area contributed by atoms with Crippen LogP contribution < -0.4 is 5.32 Å². The second kappa shape index (κ2) is 6.39. The zero-order valence-electron chi connectivity index (χ0n) is 12.9. The molecule has 0 aliphatic rings. The molecule has 0 saturated heterocycles. The van der Waals surface area contributed by atoms with Crippen molar-refractivity contribution in [3.05, 3.63) is 70.9 Å². The fourth-order valence-corrected chi connectivity index (χ4v) is 2.24. The Morgan fingerprint density at radius 3 is 2.78 bits per heavy atom. The third-order valence-corrected chi connectivity index (χ3v) is 3.42. The lowest BCUT2D eigenvalue weighted by Crippen LogP contribution is -2.13. The van der Waals surface area contributed by atoms with Gasteiger partial charge in [-0.15, -0.1) is 5.10 Å². The predicted molar refractivity (Wildman–Crippen MR) is 85.2 cm³/mol. The quantitative estimate of drug-likeness (QED) is 0.801. The van der Waals surface area contributed by atoms with Crippen LogP contribution >= 0.6 is 0 Å². The van der Waals surface area contributed by atoms with Crippen molar-refractivity contribution in [1.82, 2.24) is 15.2 Å². The molecule has 1 aromatic carbocycles. The first-order chi connectivity index (χ1) is 11.1. The van der Waals surface area contributed by atoms with E-state index in [0.717, 1.165) is 5.56 Å². The standard InChI is InChI=1S/C17H16N4O2/c1-11-6-7-13(12(2)9-11)10-15-20-21-17(23-15)19-16(22)14-5-3-4-8-18-14/h3-9H,10H2,1-2H3,(H,19,21,22). The molecule has 2 aromatic heterocycles. The lowest BCUT2D eigenvalue weighted by Gasteiger charge is -2.03. The van der Waals surface area contributed by atoms with E-state index in [1.807, 2.05) is 19.1 Å². The lowest BCUT2D eigenvalue weighted by molar-refractivity contribution is 0.101. The van der Waals surface area contributed by atoms with Gasteiger partial charge in [0.2, 0.25) is 5.89 Å². The van der Waals surface area contributed by atoms with Crippen LogP contribution in [-0.4, -0.2) is 21.1 Å². The van der Waals surface area contributed by atoms with Crippen molar-refractivity contribution in [3.8, 4) is 0 Å². The van der Waals surface area contributed by atoms with E-state index in [1.165, 1.54) is 11.1 Å². The molecule has 2 heterocycles. The van der Waals surface area contributed by atoms with Crippen LogP contribution in [0.15, 0.2) is 47.0 Å². The number of aryl methyl sites for hydroxylation is 2. The zero-order valence-corrected chi connectivity index (χ0v) is 12.9. The number of anilines is 1. The number of pyridine rings is 1. The van der Waals surface area contributed by atoms with Gasteiger partial charge in [-0.05, 0) is 37.1 Å². The molecule has 6 heteroatoms. The number of carbonyl (C=O) groups excluding carboxylic acids is 1. The molecule has 0 aliphatic carbocycles. The van der Waals surface area contributed by atoms with E-state index in [-0.39, 0.29) is 11.9 Å². The molecular formula is C17H16N4O2. The topological polar surface area (TPSA) is 80.9 Å². The molecule has 0 bridgehead atoms. The summed E-state index contributed by atoms with van der Waals surface area (Å²) in [6.45, 7) is 4.09. The number of hydrogen-bond acceptors (Lipinski definition) is 5. The minimum absolute atomic E-state index is 0.0698. The van der Waals surface area contributed by atoms with Gasteiger partial charge in [-0.2, -0.15) is 0 Å². The average Bonchev–Trinajstić information content (AvgIpc) is 2.98. The van der Waals surface area contributed by atoms with Crippen molar-refractivity contribution < 1.29 is 9.21 Å². The maximum atomic E-state index is 12.0. The van der Waals surface area contributed by atoms with Crippen molar-refractivity contribution in [2.45, 2.75) is 20.3 Å². The number of nitrogens with zero attached hydrogens (tertiary/aromatic N) is 3. The number of carbonyl (C=O) groups is 1. The molecule has 0 spiro atoms. The van der Waals surface area contributed by atoms with Crippen LogP contribution in [0.4, 0.5) is 6.01 Å². The summed E-state index contributed by atoms with van der Waals surface area (Å²) >= 11 is 0. The van der Waals surface area contributed by atoms with Gasteiger partial charge in [0.25, 0.3) is 5.91 Å². The highest BCUT2D eigenvalue weighted by Gasteiger charge is 2.13. The first-order valence-corrected chi connectivity index (χ1v) is 7.23. The van der Waals surface area contributed by atoms with E-state index >= 15 is 0 Å². The van der Waals surface area contributed by atoms with Gasteiger partial charge in [0.15, 0.2) is 0 Å². The normalized spacial score (nSPS) is 10.5. The number of amides is 1. The Morgan fingerprint density at radius 2 is 2.04 bits per heavy atom. The summed E-state index contributed by atoms with van der Waals surface area (Å²) in [5.74, 6) is 0.0700. The van der Waals surface area contributed by atoms with Gasteiger partial charge in [-0.3, -0.25) is 15.1 Å². The van der Waals surface area contributed by atoms with Crippen molar-refractivity contribution in [2.75, 3.05) is 5.32 Å². The van der Waals surface area contributed by atoms with Crippen molar-refractivity contribution in [2.24, 2.45) is 0 Å². The molecule has 23 heavy (non-hydrogen) atoms. The van der Waals surface area contributed by atoms with E-state index in [2.05, 4.69) is 33.5 Å². The van der Waals surface area contributed by atoms with Crippen LogP contribution in [0.1, 0.15) is 33.1 Å². The Balaban J connectivity index is 1.70. The first-order valence-electron chi connectivity index (χ1n) is 7.23. The van der Waals surface area contributed by atoms with Crippen LogP contribution in [0, 0.1) is 13.8 Å². The van der Waals surface area contributed by atoms with E-state index in [1.54, 1.807) is 24.4 Å². The zero-order chi connectivity index (χ0) is 16.2. The molecule has 1 N–H and O–H groups in total. The third kappa shape index (κ3) is 3.60. The highest BCUT2D eigenvalue weighted by Crippen LogP contribution is 2.16. The van der Waals surface area contributed by atoms with Gasteiger partial charge in [-0.25, -0.2) is 0 Å². The number of aromatic nitrogens is 3. The first kappa shape index (κ1) is 14.9. The van der Waals surface area contributed by atoms with Gasteiger partial charge >= 0.3 is 6.01 Å². The fourth-order valence-electron chi connectivity index (χ4n) is 2.24. The Kier molecular flexibility index (Phi) is 4.14. The van der Waals surface area contributed by atoms with E-state index < -0.39 is 0 Å². The highest BCUT2D eigenvalue weighted by molar-refractivity contribution is 6.01. The van der Waals surface area contributed by atoms with Crippen LogP contribution in [0.3, 0.4) is 0 Å². The van der Waals surface area contributed by atoms with Gasteiger partial charge in [-0.1, -0.05) is 34.9 Å². The van der Waals surface area contributed by atoms with Crippen LogP contribution in [0.25, 0.3) is 0 Å². The van der Waals surface area contributed by atoms with Gasteiger partial charge < -0.3 is 4.42 Å². The van der Waals surface area contributed by atoms with Crippen molar-refractivity contribution in [3.63, 3.8) is 0 Å². The molecule has 0 atom stereocenters. The van der Waals surface area contributed by atoms with Crippen LogP contribution in [0.5, 0.6) is 0 Å². The maximum Gasteiger partial charge on any atom is 0.322 e. The number of rotatable bonds is 4. The Hall–Kier alpha value is -3.02. The molecule has 0 aliphatic heterocycles. The lowest BCUT2D eigenvalue weighted by atomic mass is 10.0. The van der Waals surface area contributed by atoms with Crippen molar-refractivity contribution >= 4 is 11.9 Å². The van der Waals surface area contributed by atoms with Gasteiger partial charge in [0.05, 0.1) is 6.42 Å². The van der Waals surface area contributed by atoms with Gasteiger partial charge in [0.1, 0.15) is 5.69 Å². The van der Waals surface area contributed by atoms with Crippen LogP contribution in [0.2, 0.25) is 0 Å². The summed E-state index contributed by atoms with van der Waals surface area (Å²) in [6, 6.07) is 11.4. The summed E-state index contributed by atoms with van der Waals surface area (Å²) in [7, 11) is 0. The Bertz CT molecular complexity index is 828. The number of nitrogens with one attached hydrogen (secondary N) is 1. The number of benzene rings is 1. The van der Waals surface area contributed by atoms with Crippen molar-refractivity contribution in [1.29, 1.82) is 0 Å². The molecule has 0 fully saturated rings. The molecule has 6 nitrogen and oxygen atoms in total. The fraction of sp³-hybridized carbons (Fsp3) is 0.176. The van der Waals surface area contributed by atoms with E-state index in [4.69, 9.17) is 4.42 Å². The summed E-state index contributed by atoms with van der Waals surface area (Å²) in [5, 5.41) is 10.4. The molecular weight excluding hydrogens is 292 g/mol. The summed E-state index contributed by atoms with van der Waals surface area (Å²) < 4.78 is 5.48. The summed E-state index contributed by atoms with van der Waals surface area (Å²) in [5.41, 5.74) is 3.78. The monoisotopic (exact) mass is 308 g/mol. The molecule has 3 aromatic rings.